The summed E-state index contributed by atoms with van der Waals surface area (Å²) in [6, 6.07) is 0. The number of hydrogen-bond donors (Lipinski definition) is 6. The van der Waals surface area contributed by atoms with Crippen molar-refractivity contribution in [3.8, 4) is 0 Å². The van der Waals surface area contributed by atoms with E-state index in [1.807, 2.05) is 0 Å². The Kier molecular flexibility index (Phi) is 9.01. The van der Waals surface area contributed by atoms with Crippen LogP contribution in [0.15, 0.2) is 0 Å². The summed E-state index contributed by atoms with van der Waals surface area (Å²) in [4.78, 5) is 12.7. The van der Waals surface area contributed by atoms with Crippen LogP contribution in [0.5, 0.6) is 0 Å². The molecule has 0 aromatic rings. The zero-order valence-electron chi connectivity index (χ0n) is 26.9. The van der Waals surface area contributed by atoms with Crippen LogP contribution in [-0.2, 0) is 19.0 Å². The van der Waals surface area contributed by atoms with Crippen LogP contribution in [0, 0.1) is 52.3 Å². The van der Waals surface area contributed by atoms with E-state index in [1.165, 1.54) is 19.3 Å². The van der Waals surface area contributed by atoms with Gasteiger partial charge in [0.15, 0.2) is 11.9 Å². The van der Waals surface area contributed by atoms with Crippen molar-refractivity contribution >= 4 is 5.97 Å². The Balaban J connectivity index is 1.08. The van der Waals surface area contributed by atoms with Crippen molar-refractivity contribution in [2.24, 2.45) is 52.3 Å². The normalized spacial score (nSPS) is 50.0. The van der Waals surface area contributed by atoms with Crippen LogP contribution in [0.1, 0.15) is 91.9 Å². The first-order chi connectivity index (χ1) is 20.8. The zero-order chi connectivity index (χ0) is 31.8. The van der Waals surface area contributed by atoms with Gasteiger partial charge in [0, 0.05) is 12.3 Å². The van der Waals surface area contributed by atoms with E-state index in [1.54, 1.807) is 0 Å². The number of esters is 1. The zero-order valence-corrected chi connectivity index (χ0v) is 26.9. The highest BCUT2D eigenvalue weighted by Gasteiger charge is 2.69. The van der Waals surface area contributed by atoms with Gasteiger partial charge >= 0.3 is 5.97 Å². The molecule has 4 saturated carbocycles. The highest BCUT2D eigenvalue weighted by atomic mass is 16.7. The molecule has 252 valence electrons. The third-order valence-electron chi connectivity index (χ3n) is 14.0. The fourth-order valence-corrected chi connectivity index (χ4v) is 11.4. The number of aliphatic hydroxyl groups excluding tert-OH is 6. The van der Waals surface area contributed by atoms with Gasteiger partial charge in [-0.05, 0) is 104 Å². The van der Waals surface area contributed by atoms with Gasteiger partial charge in [0.25, 0.3) is 0 Å². The molecule has 0 amide bonds. The van der Waals surface area contributed by atoms with E-state index in [9.17, 15) is 30.3 Å². The Labute approximate surface area is 261 Å². The fourth-order valence-electron chi connectivity index (χ4n) is 11.4. The number of ether oxygens (including phenoxy) is 3. The second-order valence-electron chi connectivity index (χ2n) is 16.2. The summed E-state index contributed by atoms with van der Waals surface area (Å²) >= 11 is 0. The molecule has 2 saturated heterocycles. The molecular formula is C34H56O10. The number of aliphatic hydroxyl groups is 6. The minimum atomic E-state index is -2.08. The highest BCUT2D eigenvalue weighted by Crippen LogP contribution is 2.71. The predicted octanol–water partition coefficient (Wildman–Crippen LogP) is 2.14. The molecular weight excluding hydrogens is 568 g/mol. The van der Waals surface area contributed by atoms with E-state index in [0.29, 0.717) is 54.3 Å². The summed E-state index contributed by atoms with van der Waals surface area (Å²) in [6.45, 7) is 9.59. The summed E-state index contributed by atoms with van der Waals surface area (Å²) in [5.41, 5.74) is 0.416. The second-order valence-corrected chi connectivity index (χ2v) is 16.2. The number of rotatable bonds is 7. The first kappa shape index (κ1) is 33.1. The van der Waals surface area contributed by atoms with Gasteiger partial charge in [0.1, 0.15) is 30.5 Å². The number of carbonyl (C=O) groups excluding carboxylic acids is 1. The molecule has 10 heteroatoms. The second kappa shape index (κ2) is 12.0. The van der Waals surface area contributed by atoms with Crippen molar-refractivity contribution in [2.45, 2.75) is 140 Å². The summed E-state index contributed by atoms with van der Waals surface area (Å²) in [5.74, 6) is 2.41. The Morgan fingerprint density at radius 2 is 1.59 bits per heavy atom. The van der Waals surface area contributed by atoms with Crippen LogP contribution in [0.4, 0.5) is 0 Å². The Morgan fingerprint density at radius 3 is 2.27 bits per heavy atom. The van der Waals surface area contributed by atoms with Crippen LogP contribution >= 0.6 is 0 Å². The molecule has 6 N–H and O–H groups in total. The minimum absolute atomic E-state index is 0.153. The quantitative estimate of drug-likeness (QED) is 0.231. The lowest BCUT2D eigenvalue weighted by atomic mass is 9.44. The van der Waals surface area contributed by atoms with Gasteiger partial charge in [0.05, 0.1) is 19.3 Å². The number of hydrogen-bond acceptors (Lipinski definition) is 10. The van der Waals surface area contributed by atoms with Crippen molar-refractivity contribution in [3.63, 3.8) is 0 Å². The van der Waals surface area contributed by atoms with Crippen LogP contribution in [0.25, 0.3) is 0 Å². The molecule has 0 unspecified atom stereocenters. The molecule has 0 radical (unpaired) electrons. The standard InChI is InChI=1S/C34H56O10/c1-17-7-12-34(42-16-17)18(2)26-25(44-34)14-23-21-6-5-19-13-20(8-10-32(19,3)22(21)9-11-33(23,26)4)43-31(41)30(40)29(39)28(38)27(37)24(36)15-35/h17-30,35-40H,5-16H2,1-4H3/t17-,18+,19+,20+,21-,22+,23+,24-,25+,26+,27-,28-,29+,30+,32+,33+,34-/m1/s1. The monoisotopic (exact) mass is 624 g/mol. The van der Waals surface area contributed by atoms with Gasteiger partial charge in [0.2, 0.25) is 0 Å². The molecule has 44 heavy (non-hydrogen) atoms. The van der Waals surface area contributed by atoms with E-state index in [2.05, 4.69) is 27.7 Å². The summed E-state index contributed by atoms with van der Waals surface area (Å²) in [6.07, 6.45) is 0.309. The van der Waals surface area contributed by atoms with Crippen molar-refractivity contribution in [3.05, 3.63) is 0 Å². The predicted molar refractivity (Wildman–Crippen MR) is 159 cm³/mol. The van der Waals surface area contributed by atoms with Crippen LogP contribution in [0.3, 0.4) is 0 Å². The van der Waals surface area contributed by atoms with Crippen LogP contribution in [0.2, 0.25) is 0 Å². The molecule has 2 aliphatic heterocycles. The van der Waals surface area contributed by atoms with Crippen LogP contribution < -0.4 is 0 Å². The smallest absolute Gasteiger partial charge is 0.338 e. The highest BCUT2D eigenvalue weighted by molar-refractivity contribution is 5.75. The van der Waals surface area contributed by atoms with Crippen molar-refractivity contribution < 1.29 is 49.6 Å². The Bertz CT molecular complexity index is 1050. The van der Waals surface area contributed by atoms with E-state index in [4.69, 9.17) is 19.3 Å². The molecule has 1 spiro atoms. The molecule has 10 nitrogen and oxygen atoms in total. The molecule has 6 rings (SSSR count). The SMILES string of the molecule is C[C@@H]1CC[C@@]2(OC1)O[C@H]1C[C@H]3[C@@H]4CC[C@H]5C[C@@H](OC(=O)[C@@H](O)[C@@H](O)[C@H](O)[C@H](O)[C@H](O)CO)CC[C@]5(C)[C@H]4CC[C@]3(C)[C@H]1[C@@H]2C. The van der Waals surface area contributed by atoms with E-state index in [0.717, 1.165) is 38.7 Å². The summed E-state index contributed by atoms with van der Waals surface area (Å²) in [5, 5.41) is 59.1. The average molecular weight is 625 g/mol. The van der Waals surface area contributed by atoms with Crippen LogP contribution in [-0.4, -0.2) is 98.3 Å². The topological polar surface area (TPSA) is 166 Å². The maximum absolute atomic E-state index is 12.7. The van der Waals surface area contributed by atoms with Gasteiger partial charge in [-0.15, -0.1) is 0 Å². The number of carbonyl (C=O) groups is 1. The van der Waals surface area contributed by atoms with Gasteiger partial charge in [-0.25, -0.2) is 4.79 Å². The lowest BCUT2D eigenvalue weighted by molar-refractivity contribution is -0.273. The summed E-state index contributed by atoms with van der Waals surface area (Å²) < 4.78 is 19.0. The maximum Gasteiger partial charge on any atom is 0.338 e. The largest absolute Gasteiger partial charge is 0.460 e. The van der Waals surface area contributed by atoms with Gasteiger partial charge < -0.3 is 44.8 Å². The molecule has 6 aliphatic rings. The van der Waals surface area contributed by atoms with Gasteiger partial charge in [-0.3, -0.25) is 0 Å². The van der Waals surface area contributed by atoms with Crippen molar-refractivity contribution in [1.29, 1.82) is 0 Å². The van der Waals surface area contributed by atoms with Crippen molar-refractivity contribution in [2.75, 3.05) is 13.2 Å². The van der Waals surface area contributed by atoms with E-state index < -0.39 is 55.0 Å². The molecule has 4 aliphatic carbocycles. The molecule has 0 aromatic heterocycles. The molecule has 6 fully saturated rings. The summed E-state index contributed by atoms with van der Waals surface area (Å²) in [7, 11) is 0. The first-order valence-electron chi connectivity index (χ1n) is 17.3. The number of fused-ring (bicyclic) bond motifs is 7. The van der Waals surface area contributed by atoms with Gasteiger partial charge in [-0.2, -0.15) is 0 Å². The minimum Gasteiger partial charge on any atom is -0.460 e. The molecule has 0 bridgehead atoms. The third-order valence-corrected chi connectivity index (χ3v) is 14.0. The lowest BCUT2D eigenvalue weighted by Gasteiger charge is -2.61. The van der Waals surface area contributed by atoms with Crippen molar-refractivity contribution in [1.82, 2.24) is 0 Å². The molecule has 17 atom stereocenters. The third kappa shape index (κ3) is 5.18. The molecule has 0 aromatic carbocycles. The Morgan fingerprint density at radius 1 is 0.864 bits per heavy atom. The van der Waals surface area contributed by atoms with Gasteiger partial charge in [-0.1, -0.05) is 27.7 Å². The maximum atomic E-state index is 12.7. The molecule has 2 heterocycles. The lowest BCUT2D eigenvalue weighted by Crippen LogP contribution is -2.55. The fraction of sp³-hybridized carbons (Fsp3) is 0.971. The van der Waals surface area contributed by atoms with E-state index >= 15 is 0 Å². The van der Waals surface area contributed by atoms with E-state index in [-0.39, 0.29) is 16.9 Å². The Hall–Kier alpha value is -0.850. The first-order valence-corrected chi connectivity index (χ1v) is 17.3. The average Bonchev–Trinajstić information content (AvgIpc) is 3.46.